The second-order valence-corrected chi connectivity index (χ2v) is 6.04. The van der Waals surface area contributed by atoms with Crippen LogP contribution in [0, 0.1) is 0 Å². The Kier molecular flexibility index (Phi) is 14.0. The van der Waals surface area contributed by atoms with Crippen molar-refractivity contribution < 1.29 is 0 Å². The number of benzene rings is 1. The first-order valence-electron chi connectivity index (χ1n) is 6.41. The van der Waals surface area contributed by atoms with E-state index in [1.165, 1.54) is 25.7 Å². The lowest BCUT2D eigenvalue weighted by molar-refractivity contribution is 0.851. The molecule has 0 aliphatic rings. The molecule has 15 heavy (non-hydrogen) atoms. The topological polar surface area (TPSA) is 0 Å². The van der Waals surface area contributed by atoms with Gasteiger partial charge in [-0.25, -0.2) is 0 Å². The van der Waals surface area contributed by atoms with Gasteiger partial charge in [0.2, 0.25) is 0 Å². The second-order valence-electron chi connectivity index (χ2n) is 3.92. The zero-order valence-electron chi connectivity index (χ0n) is 10.4. The third-order valence-corrected chi connectivity index (χ3v) is 4.37. The molecule has 1 heteroatoms. The Labute approximate surface area is 105 Å². The Morgan fingerprint density at radius 2 is 1.00 bits per heavy atom. The monoisotopic (exact) mass is 216 g/mol. The van der Waals surface area contributed by atoms with Gasteiger partial charge in [0.1, 0.15) is 0 Å². The molecule has 0 fully saturated rings. The molecular weight excluding hydrogens is 192 g/mol. The molecule has 1 aromatic carbocycles. The zero-order chi connectivity index (χ0) is 11.2. The van der Waals surface area contributed by atoms with Gasteiger partial charge in [0.15, 0.2) is 0 Å². The Morgan fingerprint density at radius 3 is 1.27 bits per heavy atom. The molecule has 0 saturated carbocycles. The Balaban J connectivity index is 0.000000280. The molecule has 0 bridgehead atoms. The summed E-state index contributed by atoms with van der Waals surface area (Å²) in [6.45, 7) is 4.57. The zero-order valence-corrected chi connectivity index (χ0v) is 11.8. The molecule has 0 amide bonds. The fourth-order valence-corrected chi connectivity index (χ4v) is 3.48. The summed E-state index contributed by atoms with van der Waals surface area (Å²) in [5.41, 5.74) is 0. The fourth-order valence-electron chi connectivity index (χ4n) is 1.42. The van der Waals surface area contributed by atoms with E-state index in [4.69, 9.17) is 0 Å². The Hall–Kier alpha value is -0.0138. The maximum absolute atomic E-state index is 2.29. The molecule has 0 aliphatic carbocycles. The highest BCUT2D eigenvalue weighted by Gasteiger charge is 1.92. The smallest absolute Gasteiger partial charge is 0.146 e. The van der Waals surface area contributed by atoms with Crippen molar-refractivity contribution >= 4 is 20.4 Å². The van der Waals surface area contributed by atoms with Crippen molar-refractivity contribution in [1.29, 1.82) is 0 Å². The summed E-state index contributed by atoms with van der Waals surface area (Å²) in [6.07, 6.45) is 5.80. The standard InChI is InChI=1S/C6H6.2C4H9.Mg/c1-2-4-6-5-3-1;2*1-3-4-2;/h1-6H;2*1,3-4H2,2H3;. The van der Waals surface area contributed by atoms with Crippen LogP contribution in [-0.4, -0.2) is 20.4 Å². The summed E-state index contributed by atoms with van der Waals surface area (Å²) in [5, 5.41) is 0. The molecule has 1 rings (SSSR count). The van der Waals surface area contributed by atoms with Crippen LogP contribution in [0.4, 0.5) is 0 Å². The molecule has 0 nitrogen and oxygen atoms in total. The third kappa shape index (κ3) is 14.0. The van der Waals surface area contributed by atoms with E-state index < -0.39 is 0 Å². The van der Waals surface area contributed by atoms with Gasteiger partial charge < -0.3 is 0 Å². The first-order valence-corrected chi connectivity index (χ1v) is 8.41. The van der Waals surface area contributed by atoms with Crippen molar-refractivity contribution in [3.8, 4) is 0 Å². The largest absolute Gasteiger partial charge is 0.364 e. The van der Waals surface area contributed by atoms with E-state index in [2.05, 4.69) is 13.8 Å². The molecule has 0 saturated heterocycles. The SMILES string of the molecule is CCC[CH2][Mg][CH2]CCC.c1ccccc1. The second kappa shape index (κ2) is 14.0. The maximum Gasteiger partial charge on any atom is 0.364 e. The van der Waals surface area contributed by atoms with Crippen molar-refractivity contribution in [3.05, 3.63) is 36.4 Å². The minimum absolute atomic E-state index is 0.389. The third-order valence-electron chi connectivity index (χ3n) is 2.37. The Bertz CT molecular complexity index is 151. The lowest BCUT2D eigenvalue weighted by Crippen LogP contribution is -1.87. The summed E-state index contributed by atoms with van der Waals surface area (Å²) in [4.78, 5) is 0. The van der Waals surface area contributed by atoms with Crippen LogP contribution in [0.15, 0.2) is 36.4 Å². The molecule has 1 aromatic rings. The van der Waals surface area contributed by atoms with E-state index in [-0.39, 0.29) is 0 Å². The minimum atomic E-state index is 0.389. The van der Waals surface area contributed by atoms with Crippen LogP contribution in [0.25, 0.3) is 0 Å². The summed E-state index contributed by atoms with van der Waals surface area (Å²) >= 11 is 0.389. The molecule has 0 unspecified atom stereocenters. The van der Waals surface area contributed by atoms with Crippen LogP contribution < -0.4 is 0 Å². The number of unbranched alkanes of at least 4 members (excludes halogenated alkanes) is 2. The summed E-state index contributed by atoms with van der Waals surface area (Å²) < 4.78 is 3.19. The van der Waals surface area contributed by atoms with Crippen LogP contribution in [0.1, 0.15) is 39.5 Å². The fraction of sp³-hybridized carbons (Fsp3) is 0.571. The molecule has 0 aromatic heterocycles. The van der Waals surface area contributed by atoms with Gasteiger partial charge >= 0.3 is 20.4 Å². The molecule has 82 valence electrons. The maximum atomic E-state index is 2.29. The van der Waals surface area contributed by atoms with Crippen LogP contribution in [-0.2, 0) is 0 Å². The van der Waals surface area contributed by atoms with E-state index in [1.807, 2.05) is 36.4 Å². The van der Waals surface area contributed by atoms with Gasteiger partial charge in [-0.3, -0.25) is 0 Å². The highest BCUT2D eigenvalue weighted by atomic mass is 24.5. The molecule has 0 spiro atoms. The van der Waals surface area contributed by atoms with Crippen molar-refractivity contribution in [2.24, 2.45) is 0 Å². The lowest BCUT2D eigenvalue weighted by Gasteiger charge is -1.93. The van der Waals surface area contributed by atoms with E-state index in [0.29, 0.717) is 20.4 Å². The van der Waals surface area contributed by atoms with Crippen LogP contribution in [0.2, 0.25) is 9.10 Å². The predicted molar refractivity (Wildman–Crippen MR) is 71.6 cm³/mol. The molecule has 0 N–H and O–H groups in total. The normalized spacial score (nSPS) is 8.67. The average Bonchev–Trinajstić information content (AvgIpc) is 2.32. The number of hydrogen-bond donors (Lipinski definition) is 0. The van der Waals surface area contributed by atoms with Crippen molar-refractivity contribution in [2.45, 2.75) is 48.6 Å². The van der Waals surface area contributed by atoms with Crippen LogP contribution in [0.3, 0.4) is 0 Å². The van der Waals surface area contributed by atoms with Gasteiger partial charge in [-0.05, 0) is 0 Å². The van der Waals surface area contributed by atoms with Gasteiger partial charge in [0.25, 0.3) is 0 Å². The van der Waals surface area contributed by atoms with E-state index in [1.54, 1.807) is 9.10 Å². The van der Waals surface area contributed by atoms with Gasteiger partial charge in [-0.2, -0.15) is 0 Å². The first kappa shape index (κ1) is 15.0. The van der Waals surface area contributed by atoms with Crippen molar-refractivity contribution in [2.75, 3.05) is 0 Å². The predicted octanol–water partition coefficient (Wildman–Crippen LogP) is 4.81. The van der Waals surface area contributed by atoms with Crippen molar-refractivity contribution in [1.82, 2.24) is 0 Å². The summed E-state index contributed by atoms with van der Waals surface area (Å²) in [5.74, 6) is 0. The van der Waals surface area contributed by atoms with E-state index >= 15 is 0 Å². The number of hydrogen-bond acceptors (Lipinski definition) is 0. The van der Waals surface area contributed by atoms with E-state index in [0.717, 1.165) is 0 Å². The van der Waals surface area contributed by atoms with Crippen molar-refractivity contribution in [3.63, 3.8) is 0 Å². The molecule has 0 radical (unpaired) electrons. The average molecular weight is 217 g/mol. The van der Waals surface area contributed by atoms with E-state index in [9.17, 15) is 0 Å². The van der Waals surface area contributed by atoms with Crippen LogP contribution in [0.5, 0.6) is 0 Å². The highest BCUT2D eigenvalue weighted by Crippen LogP contribution is 1.99. The Morgan fingerprint density at radius 1 is 0.667 bits per heavy atom. The highest BCUT2D eigenvalue weighted by molar-refractivity contribution is 6.35. The molecule has 0 atom stereocenters. The van der Waals surface area contributed by atoms with Gasteiger partial charge in [-0.15, -0.1) is 9.10 Å². The first-order chi connectivity index (χ1) is 7.41. The van der Waals surface area contributed by atoms with Gasteiger partial charge in [0, 0.05) is 0 Å². The number of rotatable bonds is 6. The molecule has 0 aliphatic heterocycles. The quantitative estimate of drug-likeness (QED) is 0.473. The van der Waals surface area contributed by atoms with Gasteiger partial charge in [0.05, 0.1) is 0 Å². The summed E-state index contributed by atoms with van der Waals surface area (Å²) in [7, 11) is 0. The molecular formula is C14H24Mg. The molecule has 0 heterocycles. The lowest BCUT2D eigenvalue weighted by atomic mass is 10.4. The van der Waals surface area contributed by atoms with Gasteiger partial charge in [-0.1, -0.05) is 75.9 Å². The summed E-state index contributed by atoms with van der Waals surface area (Å²) in [6, 6.07) is 12.0. The van der Waals surface area contributed by atoms with Crippen LogP contribution >= 0.6 is 0 Å². The minimum Gasteiger partial charge on any atom is -0.146 e.